The smallest absolute Gasteiger partial charge is 0.303 e. The third kappa shape index (κ3) is 5.86. The lowest BCUT2D eigenvalue weighted by Gasteiger charge is -2.06. The first kappa shape index (κ1) is 18.3. The van der Waals surface area contributed by atoms with Crippen LogP contribution in [0.3, 0.4) is 0 Å². The van der Waals surface area contributed by atoms with E-state index in [0.717, 1.165) is 15.0 Å². The van der Waals surface area contributed by atoms with Crippen LogP contribution in [0.5, 0.6) is 0 Å². The van der Waals surface area contributed by atoms with Crippen LogP contribution < -0.4 is 5.43 Å². The minimum absolute atomic E-state index is 0.0595. The van der Waals surface area contributed by atoms with Gasteiger partial charge in [-0.2, -0.15) is 5.10 Å². The van der Waals surface area contributed by atoms with E-state index < -0.39 is 5.97 Å². The summed E-state index contributed by atoms with van der Waals surface area (Å²) in [7, 11) is 0. The normalized spacial score (nSPS) is 11.3. The molecule has 2 N–H and O–H groups in total. The van der Waals surface area contributed by atoms with Crippen LogP contribution in [-0.2, 0) is 16.0 Å². The fraction of sp³-hybridized carbons (Fsp3) is 0.250. The van der Waals surface area contributed by atoms with Crippen molar-refractivity contribution in [3.8, 4) is 0 Å². The van der Waals surface area contributed by atoms with Gasteiger partial charge in [-0.05, 0) is 24.6 Å². The Labute approximate surface area is 151 Å². The minimum Gasteiger partial charge on any atom is -0.481 e. The standard InChI is InChI=1S/C16H16BrN3O3S/c1-10-18-13(9-24-10)8-15(21)20-19-14(6-7-16(22)23)11-2-4-12(17)5-3-11/h2-5,9H,6-8H2,1H3,(H,20,21)(H,22,23)/b19-14-. The summed E-state index contributed by atoms with van der Waals surface area (Å²) in [4.78, 5) is 27.0. The van der Waals surface area contributed by atoms with Gasteiger partial charge in [-0.25, -0.2) is 10.4 Å². The van der Waals surface area contributed by atoms with E-state index in [0.29, 0.717) is 11.4 Å². The molecule has 24 heavy (non-hydrogen) atoms. The molecule has 8 heteroatoms. The number of halogens is 1. The quantitative estimate of drug-likeness (QED) is 0.542. The van der Waals surface area contributed by atoms with E-state index in [-0.39, 0.29) is 25.2 Å². The third-order valence-corrected chi connectivity index (χ3v) is 4.43. The van der Waals surface area contributed by atoms with Gasteiger partial charge >= 0.3 is 5.97 Å². The van der Waals surface area contributed by atoms with Gasteiger partial charge in [0.05, 0.1) is 29.3 Å². The number of amides is 1. The Morgan fingerprint density at radius 3 is 2.58 bits per heavy atom. The van der Waals surface area contributed by atoms with Gasteiger partial charge in [0.25, 0.3) is 0 Å². The molecule has 0 atom stereocenters. The van der Waals surface area contributed by atoms with E-state index in [9.17, 15) is 9.59 Å². The molecule has 0 bridgehead atoms. The van der Waals surface area contributed by atoms with Crippen LogP contribution in [0.25, 0.3) is 0 Å². The van der Waals surface area contributed by atoms with E-state index in [1.54, 1.807) is 0 Å². The number of benzene rings is 1. The fourth-order valence-corrected chi connectivity index (χ4v) is 2.83. The average molecular weight is 410 g/mol. The van der Waals surface area contributed by atoms with Crippen molar-refractivity contribution in [2.75, 3.05) is 0 Å². The number of hydrogen-bond donors (Lipinski definition) is 2. The monoisotopic (exact) mass is 409 g/mol. The highest BCUT2D eigenvalue weighted by Crippen LogP contribution is 2.13. The second kappa shape index (κ2) is 8.70. The van der Waals surface area contributed by atoms with Gasteiger partial charge in [-0.15, -0.1) is 11.3 Å². The number of thiazole rings is 1. The number of hydrogen-bond acceptors (Lipinski definition) is 5. The van der Waals surface area contributed by atoms with Crippen LogP contribution >= 0.6 is 27.3 Å². The van der Waals surface area contributed by atoms with Crippen LogP contribution in [0.15, 0.2) is 39.2 Å². The van der Waals surface area contributed by atoms with Crippen molar-refractivity contribution in [2.24, 2.45) is 5.10 Å². The van der Waals surface area contributed by atoms with Crippen molar-refractivity contribution < 1.29 is 14.7 Å². The SMILES string of the molecule is Cc1nc(CC(=O)N/N=C(/CCC(=O)O)c2ccc(Br)cc2)cs1. The molecule has 0 aliphatic rings. The number of aliphatic carboxylic acids is 1. The summed E-state index contributed by atoms with van der Waals surface area (Å²) in [5.41, 5.74) is 4.47. The van der Waals surface area contributed by atoms with Gasteiger partial charge in [0, 0.05) is 16.3 Å². The molecule has 0 saturated heterocycles. The molecule has 2 rings (SSSR count). The van der Waals surface area contributed by atoms with Gasteiger partial charge in [0.15, 0.2) is 0 Å². The zero-order valence-corrected chi connectivity index (χ0v) is 15.4. The predicted octanol–water partition coefficient (Wildman–Crippen LogP) is 3.14. The maximum atomic E-state index is 12.0. The number of aryl methyl sites for hydroxylation is 1. The molecule has 1 heterocycles. The van der Waals surface area contributed by atoms with Gasteiger partial charge in [-0.3, -0.25) is 9.59 Å². The number of nitrogens with zero attached hydrogens (tertiary/aromatic N) is 2. The highest BCUT2D eigenvalue weighted by Gasteiger charge is 2.10. The maximum Gasteiger partial charge on any atom is 0.303 e. The van der Waals surface area contributed by atoms with E-state index in [1.165, 1.54) is 11.3 Å². The van der Waals surface area contributed by atoms with E-state index in [1.807, 2.05) is 36.6 Å². The molecular weight excluding hydrogens is 394 g/mol. The second-order valence-corrected chi connectivity index (χ2v) is 7.01. The van der Waals surface area contributed by atoms with E-state index >= 15 is 0 Å². The first-order valence-electron chi connectivity index (χ1n) is 7.18. The zero-order valence-electron chi connectivity index (χ0n) is 13.0. The number of carbonyl (C=O) groups is 2. The Bertz CT molecular complexity index is 756. The molecule has 0 aliphatic heterocycles. The largest absolute Gasteiger partial charge is 0.481 e. The predicted molar refractivity (Wildman–Crippen MR) is 96.2 cm³/mol. The molecule has 2 aromatic rings. The van der Waals surface area contributed by atoms with E-state index in [2.05, 4.69) is 31.4 Å². The van der Waals surface area contributed by atoms with Gasteiger partial charge in [0.1, 0.15) is 0 Å². The average Bonchev–Trinajstić information content (AvgIpc) is 2.93. The molecule has 1 amide bonds. The lowest BCUT2D eigenvalue weighted by Crippen LogP contribution is -2.22. The molecular formula is C16H16BrN3O3S. The van der Waals surface area contributed by atoms with Crippen molar-refractivity contribution in [1.29, 1.82) is 0 Å². The third-order valence-electron chi connectivity index (χ3n) is 3.08. The maximum absolute atomic E-state index is 12.0. The number of aromatic nitrogens is 1. The fourth-order valence-electron chi connectivity index (χ4n) is 1.96. The summed E-state index contributed by atoms with van der Waals surface area (Å²) in [5, 5.41) is 15.7. The highest BCUT2D eigenvalue weighted by molar-refractivity contribution is 9.10. The molecule has 0 saturated carbocycles. The Morgan fingerprint density at radius 2 is 2.00 bits per heavy atom. The van der Waals surface area contributed by atoms with Crippen LogP contribution in [0, 0.1) is 6.92 Å². The summed E-state index contributed by atoms with van der Waals surface area (Å²) >= 11 is 4.83. The first-order chi connectivity index (χ1) is 11.4. The van der Waals surface area contributed by atoms with Crippen molar-refractivity contribution in [2.45, 2.75) is 26.2 Å². The van der Waals surface area contributed by atoms with Gasteiger partial charge < -0.3 is 5.11 Å². The molecule has 1 aromatic heterocycles. The summed E-state index contributed by atoms with van der Waals surface area (Å²) in [6.45, 7) is 1.88. The molecule has 0 radical (unpaired) electrons. The topological polar surface area (TPSA) is 91.7 Å². The van der Waals surface area contributed by atoms with Crippen molar-refractivity contribution in [1.82, 2.24) is 10.4 Å². The minimum atomic E-state index is -0.913. The summed E-state index contributed by atoms with van der Waals surface area (Å²) < 4.78 is 0.909. The Morgan fingerprint density at radius 1 is 1.29 bits per heavy atom. The molecule has 0 unspecified atom stereocenters. The lowest BCUT2D eigenvalue weighted by atomic mass is 10.1. The molecule has 1 aromatic carbocycles. The van der Waals surface area contributed by atoms with Crippen molar-refractivity contribution in [3.05, 3.63) is 50.4 Å². The van der Waals surface area contributed by atoms with Crippen molar-refractivity contribution >= 4 is 44.9 Å². The summed E-state index contributed by atoms with van der Waals surface area (Å²) in [6.07, 6.45) is 0.309. The Kier molecular flexibility index (Phi) is 6.62. The zero-order chi connectivity index (χ0) is 17.5. The lowest BCUT2D eigenvalue weighted by molar-refractivity contribution is -0.136. The number of carboxylic acids is 1. The number of hydrazone groups is 1. The van der Waals surface area contributed by atoms with Crippen molar-refractivity contribution in [3.63, 3.8) is 0 Å². The first-order valence-corrected chi connectivity index (χ1v) is 8.85. The Balaban J connectivity index is 2.07. The molecule has 0 spiro atoms. The van der Waals surface area contributed by atoms with Gasteiger partial charge in [0.2, 0.25) is 5.91 Å². The number of carboxylic acid groups (broad SMARTS) is 1. The Hall–Kier alpha value is -2.06. The number of rotatable bonds is 7. The van der Waals surface area contributed by atoms with Crippen LogP contribution in [0.4, 0.5) is 0 Å². The second-order valence-electron chi connectivity index (χ2n) is 5.03. The number of carbonyl (C=O) groups excluding carboxylic acids is 1. The molecule has 6 nitrogen and oxygen atoms in total. The summed E-state index contributed by atoms with van der Waals surface area (Å²) in [6, 6.07) is 7.32. The summed E-state index contributed by atoms with van der Waals surface area (Å²) in [5.74, 6) is -1.20. The van der Waals surface area contributed by atoms with Crippen LogP contribution in [-0.4, -0.2) is 27.7 Å². The van der Waals surface area contributed by atoms with Crippen LogP contribution in [0.1, 0.15) is 29.1 Å². The van der Waals surface area contributed by atoms with Crippen LogP contribution in [0.2, 0.25) is 0 Å². The highest BCUT2D eigenvalue weighted by atomic mass is 79.9. The molecule has 0 aliphatic carbocycles. The molecule has 126 valence electrons. The van der Waals surface area contributed by atoms with E-state index in [4.69, 9.17) is 5.11 Å². The van der Waals surface area contributed by atoms with Gasteiger partial charge in [-0.1, -0.05) is 28.1 Å². The molecule has 0 fully saturated rings. The number of nitrogens with one attached hydrogen (secondary N) is 1.